The summed E-state index contributed by atoms with van der Waals surface area (Å²) in [5.41, 5.74) is 9.51. The molecule has 4 nitrogen and oxygen atoms in total. The lowest BCUT2D eigenvalue weighted by molar-refractivity contribution is -0.0809. The van der Waals surface area contributed by atoms with Crippen molar-refractivity contribution < 1.29 is 10.2 Å². The first-order valence-electron chi connectivity index (χ1n) is 5.44. The molecule has 0 bridgehead atoms. The lowest BCUT2D eigenvalue weighted by atomic mass is 9.96. The first-order chi connectivity index (χ1) is 6.54. The van der Waals surface area contributed by atoms with Crippen molar-refractivity contribution >= 4 is 0 Å². The third-order valence-electron chi connectivity index (χ3n) is 2.44. The molecule has 2 atom stereocenters. The number of aliphatic hydroxyl groups is 2. The van der Waals surface area contributed by atoms with Gasteiger partial charge in [-0.05, 0) is 38.6 Å². The smallest absolute Gasteiger partial charge is 0.139 e. The molecule has 0 rings (SSSR count). The van der Waals surface area contributed by atoms with Crippen LogP contribution in [0.5, 0.6) is 0 Å². The van der Waals surface area contributed by atoms with Crippen molar-refractivity contribution in [3.63, 3.8) is 0 Å². The number of unbranched alkanes of at least 4 members (excludes halogenated alkanes) is 2. The quantitative estimate of drug-likeness (QED) is 0.338. The fourth-order valence-corrected chi connectivity index (χ4v) is 1.36. The van der Waals surface area contributed by atoms with E-state index in [1.807, 2.05) is 6.92 Å². The summed E-state index contributed by atoms with van der Waals surface area (Å²) in [6.45, 7) is 2.64. The molecule has 0 saturated carbocycles. The summed E-state index contributed by atoms with van der Waals surface area (Å²) in [5.74, 6) is 0. The first-order valence-corrected chi connectivity index (χ1v) is 5.44. The van der Waals surface area contributed by atoms with Crippen LogP contribution in [0, 0.1) is 0 Å². The molecule has 0 aliphatic carbocycles. The van der Waals surface area contributed by atoms with Crippen LogP contribution >= 0.6 is 0 Å². The maximum Gasteiger partial charge on any atom is 0.139 e. The Morgan fingerprint density at radius 1 is 1.29 bits per heavy atom. The number of rotatable bonds is 8. The SMILES string of the molecule is CCCCC(N)(O)C(O)CCCCN. The Morgan fingerprint density at radius 3 is 2.43 bits per heavy atom. The molecule has 0 aromatic heterocycles. The summed E-state index contributed by atoms with van der Waals surface area (Å²) in [4.78, 5) is 0. The molecule has 0 heterocycles. The van der Waals surface area contributed by atoms with E-state index < -0.39 is 11.8 Å². The summed E-state index contributed by atoms with van der Waals surface area (Å²) >= 11 is 0. The highest BCUT2D eigenvalue weighted by Crippen LogP contribution is 2.16. The molecule has 0 fully saturated rings. The summed E-state index contributed by atoms with van der Waals surface area (Å²) in [6.07, 6.45) is 3.61. The topological polar surface area (TPSA) is 92.5 Å². The van der Waals surface area contributed by atoms with Gasteiger partial charge in [0.15, 0.2) is 0 Å². The second-order valence-corrected chi connectivity index (χ2v) is 3.90. The summed E-state index contributed by atoms with van der Waals surface area (Å²) < 4.78 is 0. The van der Waals surface area contributed by atoms with E-state index in [0.29, 0.717) is 19.4 Å². The normalized spacial score (nSPS) is 17.8. The molecular formula is C10H24N2O2. The summed E-state index contributed by atoms with van der Waals surface area (Å²) in [6, 6.07) is 0. The van der Waals surface area contributed by atoms with Gasteiger partial charge in [-0.1, -0.05) is 13.3 Å². The average molecular weight is 204 g/mol. The highest BCUT2D eigenvalue weighted by Gasteiger charge is 2.29. The second kappa shape index (κ2) is 7.17. The minimum Gasteiger partial charge on any atom is -0.389 e. The molecule has 0 aromatic rings. The van der Waals surface area contributed by atoms with E-state index in [1.54, 1.807) is 0 Å². The van der Waals surface area contributed by atoms with Crippen LogP contribution in [0.2, 0.25) is 0 Å². The van der Waals surface area contributed by atoms with Gasteiger partial charge in [0.05, 0.1) is 6.10 Å². The van der Waals surface area contributed by atoms with Crippen molar-refractivity contribution in [3.8, 4) is 0 Å². The highest BCUT2D eigenvalue weighted by molar-refractivity contribution is 4.79. The van der Waals surface area contributed by atoms with E-state index in [-0.39, 0.29) is 0 Å². The van der Waals surface area contributed by atoms with E-state index in [2.05, 4.69) is 0 Å². The molecule has 86 valence electrons. The van der Waals surface area contributed by atoms with E-state index >= 15 is 0 Å². The Labute approximate surface area is 86.3 Å². The van der Waals surface area contributed by atoms with E-state index in [0.717, 1.165) is 25.7 Å². The molecular weight excluding hydrogens is 180 g/mol. The minimum absolute atomic E-state index is 0.452. The number of hydrogen-bond donors (Lipinski definition) is 4. The Kier molecular flexibility index (Phi) is 7.09. The number of hydrogen-bond acceptors (Lipinski definition) is 4. The van der Waals surface area contributed by atoms with Gasteiger partial charge in [-0.3, -0.25) is 0 Å². The summed E-state index contributed by atoms with van der Waals surface area (Å²) in [7, 11) is 0. The van der Waals surface area contributed by atoms with Crippen molar-refractivity contribution in [1.82, 2.24) is 0 Å². The summed E-state index contributed by atoms with van der Waals surface area (Å²) in [5, 5.41) is 19.3. The van der Waals surface area contributed by atoms with Crippen LogP contribution in [0.25, 0.3) is 0 Å². The lowest BCUT2D eigenvalue weighted by Crippen LogP contribution is -2.50. The minimum atomic E-state index is -1.43. The van der Waals surface area contributed by atoms with Crippen LogP contribution in [0.3, 0.4) is 0 Å². The maximum atomic E-state index is 9.71. The Hall–Kier alpha value is -0.160. The van der Waals surface area contributed by atoms with Gasteiger partial charge in [-0.25, -0.2) is 0 Å². The molecule has 0 aliphatic heterocycles. The Balaban J connectivity index is 3.75. The molecule has 2 unspecified atom stereocenters. The lowest BCUT2D eigenvalue weighted by Gasteiger charge is -2.28. The van der Waals surface area contributed by atoms with Crippen LogP contribution in [-0.2, 0) is 0 Å². The van der Waals surface area contributed by atoms with E-state index in [4.69, 9.17) is 11.5 Å². The van der Waals surface area contributed by atoms with Crippen molar-refractivity contribution in [2.75, 3.05) is 6.54 Å². The van der Waals surface area contributed by atoms with Gasteiger partial charge in [-0.2, -0.15) is 0 Å². The monoisotopic (exact) mass is 204 g/mol. The zero-order chi connectivity index (χ0) is 11.0. The van der Waals surface area contributed by atoms with Crippen molar-refractivity contribution in [3.05, 3.63) is 0 Å². The largest absolute Gasteiger partial charge is 0.389 e. The zero-order valence-electron chi connectivity index (χ0n) is 9.08. The average Bonchev–Trinajstić information content (AvgIpc) is 2.15. The van der Waals surface area contributed by atoms with Gasteiger partial charge in [0.25, 0.3) is 0 Å². The van der Waals surface area contributed by atoms with E-state index in [1.165, 1.54) is 0 Å². The van der Waals surface area contributed by atoms with Gasteiger partial charge in [0.1, 0.15) is 5.72 Å². The molecule has 6 N–H and O–H groups in total. The molecule has 0 saturated heterocycles. The predicted octanol–water partition coefficient (Wildman–Crippen LogP) is 0.314. The van der Waals surface area contributed by atoms with Crippen LogP contribution in [0.1, 0.15) is 45.4 Å². The van der Waals surface area contributed by atoms with Crippen LogP contribution < -0.4 is 11.5 Å². The molecule has 0 aromatic carbocycles. The fraction of sp³-hybridized carbons (Fsp3) is 1.00. The van der Waals surface area contributed by atoms with Crippen molar-refractivity contribution in [1.29, 1.82) is 0 Å². The first kappa shape index (κ1) is 13.8. The fourth-order valence-electron chi connectivity index (χ4n) is 1.36. The van der Waals surface area contributed by atoms with Gasteiger partial charge in [0, 0.05) is 0 Å². The van der Waals surface area contributed by atoms with E-state index in [9.17, 15) is 10.2 Å². The Morgan fingerprint density at radius 2 is 1.93 bits per heavy atom. The second-order valence-electron chi connectivity index (χ2n) is 3.90. The standard InChI is InChI=1S/C10H24N2O2/c1-2-3-7-10(12,14)9(13)6-4-5-8-11/h9,13-14H,2-8,11-12H2,1H3. The van der Waals surface area contributed by atoms with Gasteiger partial charge >= 0.3 is 0 Å². The molecule has 0 spiro atoms. The molecule has 4 heteroatoms. The third-order valence-corrected chi connectivity index (χ3v) is 2.44. The highest BCUT2D eigenvalue weighted by atomic mass is 16.4. The molecule has 0 aliphatic rings. The molecule has 0 amide bonds. The van der Waals surface area contributed by atoms with Gasteiger partial charge < -0.3 is 21.7 Å². The Bertz CT molecular complexity index is 140. The van der Waals surface area contributed by atoms with Gasteiger partial charge in [-0.15, -0.1) is 0 Å². The third kappa shape index (κ3) is 5.54. The molecule has 0 radical (unpaired) electrons. The number of nitrogens with two attached hydrogens (primary N) is 2. The van der Waals surface area contributed by atoms with Crippen LogP contribution in [0.15, 0.2) is 0 Å². The number of aliphatic hydroxyl groups excluding tert-OH is 1. The molecule has 14 heavy (non-hydrogen) atoms. The predicted molar refractivity (Wildman–Crippen MR) is 57.6 cm³/mol. The van der Waals surface area contributed by atoms with Crippen molar-refractivity contribution in [2.24, 2.45) is 11.5 Å². The zero-order valence-corrected chi connectivity index (χ0v) is 9.08. The van der Waals surface area contributed by atoms with Gasteiger partial charge in [0.2, 0.25) is 0 Å². The van der Waals surface area contributed by atoms with Crippen LogP contribution in [0.4, 0.5) is 0 Å². The maximum absolute atomic E-state index is 9.71. The van der Waals surface area contributed by atoms with Crippen LogP contribution in [-0.4, -0.2) is 28.6 Å². The van der Waals surface area contributed by atoms with Crippen molar-refractivity contribution in [2.45, 2.75) is 57.3 Å².